The van der Waals surface area contributed by atoms with E-state index in [1.54, 1.807) is 18.6 Å². The van der Waals surface area contributed by atoms with Crippen LogP contribution in [-0.4, -0.2) is 93.4 Å². The van der Waals surface area contributed by atoms with Gasteiger partial charge in [0.15, 0.2) is 0 Å². The van der Waals surface area contributed by atoms with Crippen LogP contribution in [0, 0.1) is 0 Å². The van der Waals surface area contributed by atoms with Crippen LogP contribution in [0.15, 0.2) is 39.9 Å². The Labute approximate surface area is 228 Å². The number of likely N-dealkylation sites (tertiary alicyclic amines) is 3. The molecule has 11 heteroatoms. The third kappa shape index (κ3) is 6.06. The second kappa shape index (κ2) is 11.7. The molecule has 1 aromatic heterocycles. The van der Waals surface area contributed by atoms with Crippen molar-refractivity contribution < 1.29 is 22.7 Å². The van der Waals surface area contributed by atoms with Gasteiger partial charge in [-0.1, -0.05) is 12.1 Å². The van der Waals surface area contributed by atoms with Crippen LogP contribution in [0.25, 0.3) is 11.1 Å². The van der Waals surface area contributed by atoms with Gasteiger partial charge in [0.05, 0.1) is 13.7 Å². The largest absolute Gasteiger partial charge is 0.497 e. The third-order valence-electron chi connectivity index (χ3n) is 7.76. The van der Waals surface area contributed by atoms with Gasteiger partial charge in [-0.2, -0.15) is 4.72 Å². The fourth-order valence-electron chi connectivity index (χ4n) is 5.73. The Bertz CT molecular complexity index is 1260. The van der Waals surface area contributed by atoms with E-state index in [1.165, 1.54) is 17.7 Å². The molecule has 3 aliphatic rings. The summed E-state index contributed by atoms with van der Waals surface area (Å²) < 4.78 is 34.4. The molecular weight excluding hydrogens is 524 g/mol. The average Bonchev–Trinajstić information content (AvgIpc) is 3.69. The summed E-state index contributed by atoms with van der Waals surface area (Å²) in [6, 6.07) is 8.37. The second-order valence-corrected chi connectivity index (χ2v) is 13.2. The van der Waals surface area contributed by atoms with Crippen molar-refractivity contribution >= 4 is 33.2 Å². The van der Waals surface area contributed by atoms with Gasteiger partial charge in [0.1, 0.15) is 16.0 Å². The van der Waals surface area contributed by atoms with Gasteiger partial charge in [0.25, 0.3) is 10.0 Å². The number of benzene rings is 1. The molecule has 0 spiro atoms. The van der Waals surface area contributed by atoms with Crippen LogP contribution in [0.2, 0.25) is 0 Å². The van der Waals surface area contributed by atoms with Crippen molar-refractivity contribution in [2.45, 2.75) is 54.8 Å². The fraction of sp³-hybridized carbons (Fsp3) is 0.556. The normalized spacial score (nSPS) is 22.8. The lowest BCUT2D eigenvalue weighted by Crippen LogP contribution is -2.55. The molecular formula is C27H36N4O5S2. The number of ether oxygens (including phenoxy) is 1. The Balaban J connectivity index is 1.21. The van der Waals surface area contributed by atoms with Crippen LogP contribution in [0.3, 0.4) is 0 Å². The number of methoxy groups -OCH3 is 1. The minimum Gasteiger partial charge on any atom is -0.497 e. The van der Waals surface area contributed by atoms with Crippen molar-refractivity contribution in [1.29, 1.82) is 0 Å². The van der Waals surface area contributed by atoms with E-state index in [1.807, 2.05) is 29.2 Å². The van der Waals surface area contributed by atoms with Crippen molar-refractivity contribution in [3.8, 4) is 16.9 Å². The van der Waals surface area contributed by atoms with E-state index in [9.17, 15) is 18.0 Å². The van der Waals surface area contributed by atoms with Gasteiger partial charge in [-0.05, 0) is 86.3 Å². The lowest BCUT2D eigenvalue weighted by molar-refractivity contribution is -0.143. The number of thiophene rings is 1. The number of hydrogen-bond donors (Lipinski definition) is 1. The standard InChI is InChI=1S/C27H36N4O5S2/c1-36-23-9-4-7-20(15-23)21-16-26(37-19-21)38(34,35)28-24-10-6-13-30(27(24)33)18-25(32)31-14-5-8-22(31)17-29-11-2-3-12-29/h4,7,9,15-16,19,22,24,28H,2-3,5-6,8,10-14,17-18H2,1H3/t22-,24-/m0/s1. The molecule has 206 valence electrons. The van der Waals surface area contributed by atoms with Gasteiger partial charge in [-0.3, -0.25) is 9.59 Å². The van der Waals surface area contributed by atoms with Gasteiger partial charge in [0.2, 0.25) is 11.8 Å². The van der Waals surface area contributed by atoms with Crippen LogP contribution in [0.4, 0.5) is 0 Å². The number of carbonyl (C=O) groups is 2. The van der Waals surface area contributed by atoms with E-state index < -0.39 is 16.1 Å². The number of nitrogens with zero attached hydrogens (tertiary/aromatic N) is 3. The van der Waals surface area contributed by atoms with Gasteiger partial charge in [0, 0.05) is 25.7 Å². The van der Waals surface area contributed by atoms with Gasteiger partial charge in [-0.25, -0.2) is 8.42 Å². The minimum atomic E-state index is -3.90. The lowest BCUT2D eigenvalue weighted by atomic mass is 10.1. The maximum absolute atomic E-state index is 13.3. The molecule has 0 unspecified atom stereocenters. The first-order valence-electron chi connectivity index (χ1n) is 13.4. The first kappa shape index (κ1) is 27.1. The molecule has 2 amide bonds. The van der Waals surface area contributed by atoms with E-state index in [4.69, 9.17) is 4.74 Å². The summed E-state index contributed by atoms with van der Waals surface area (Å²) in [6.45, 7) is 4.29. The molecule has 3 fully saturated rings. The molecule has 1 N–H and O–H groups in total. The number of nitrogens with one attached hydrogen (secondary N) is 1. The van der Waals surface area contributed by atoms with Crippen molar-refractivity contribution in [3.63, 3.8) is 0 Å². The Morgan fingerprint density at radius 1 is 1.05 bits per heavy atom. The first-order chi connectivity index (χ1) is 18.3. The molecule has 1 aromatic carbocycles. The number of sulfonamides is 1. The fourth-order valence-corrected chi connectivity index (χ4v) is 8.16. The van der Waals surface area contributed by atoms with Crippen molar-refractivity contribution in [1.82, 2.24) is 19.4 Å². The third-order valence-corrected chi connectivity index (χ3v) is 10.7. The minimum absolute atomic E-state index is 0.00650. The quantitative estimate of drug-likeness (QED) is 0.507. The van der Waals surface area contributed by atoms with E-state index >= 15 is 0 Å². The number of amides is 2. The van der Waals surface area contributed by atoms with Crippen LogP contribution < -0.4 is 9.46 Å². The van der Waals surface area contributed by atoms with E-state index in [-0.39, 0.29) is 28.6 Å². The van der Waals surface area contributed by atoms with Crippen LogP contribution in [-0.2, 0) is 19.6 Å². The Morgan fingerprint density at radius 3 is 2.63 bits per heavy atom. The SMILES string of the molecule is COc1cccc(-c2csc(S(=O)(=O)N[C@H]3CCCN(CC(=O)N4CCC[C@H]4CN4CCCC4)C3=O)c2)c1. The Morgan fingerprint density at radius 2 is 1.84 bits per heavy atom. The zero-order valence-corrected chi connectivity index (χ0v) is 23.4. The van der Waals surface area contributed by atoms with E-state index in [0.717, 1.165) is 61.5 Å². The van der Waals surface area contributed by atoms with Crippen LogP contribution in [0.1, 0.15) is 38.5 Å². The molecule has 3 aliphatic heterocycles. The van der Waals surface area contributed by atoms with Crippen molar-refractivity contribution in [2.24, 2.45) is 0 Å². The predicted molar refractivity (Wildman–Crippen MR) is 147 cm³/mol. The zero-order chi connectivity index (χ0) is 26.7. The second-order valence-electron chi connectivity index (χ2n) is 10.4. The summed E-state index contributed by atoms with van der Waals surface area (Å²) in [4.78, 5) is 32.4. The highest BCUT2D eigenvalue weighted by Crippen LogP contribution is 2.31. The lowest BCUT2D eigenvalue weighted by Gasteiger charge is -2.34. The smallest absolute Gasteiger partial charge is 0.250 e. The molecule has 0 aliphatic carbocycles. The molecule has 2 atom stereocenters. The van der Waals surface area contributed by atoms with Crippen molar-refractivity contribution in [3.05, 3.63) is 35.7 Å². The number of piperidine rings is 1. The van der Waals surface area contributed by atoms with E-state index in [2.05, 4.69) is 9.62 Å². The summed E-state index contributed by atoms with van der Waals surface area (Å²) in [5.41, 5.74) is 1.62. The molecule has 2 aromatic rings. The molecule has 0 bridgehead atoms. The number of rotatable bonds is 9. The zero-order valence-electron chi connectivity index (χ0n) is 21.8. The maximum Gasteiger partial charge on any atom is 0.250 e. The Hall–Kier alpha value is -2.47. The summed E-state index contributed by atoms with van der Waals surface area (Å²) >= 11 is 1.11. The molecule has 0 saturated carbocycles. The highest BCUT2D eigenvalue weighted by molar-refractivity contribution is 7.91. The van der Waals surface area contributed by atoms with Crippen LogP contribution >= 0.6 is 11.3 Å². The first-order valence-corrected chi connectivity index (χ1v) is 15.8. The van der Waals surface area contributed by atoms with Crippen molar-refractivity contribution in [2.75, 3.05) is 46.4 Å². The maximum atomic E-state index is 13.3. The summed E-state index contributed by atoms with van der Waals surface area (Å²) in [5.74, 6) is 0.327. The Kier molecular flexibility index (Phi) is 8.37. The molecule has 9 nitrogen and oxygen atoms in total. The number of hydrogen-bond acceptors (Lipinski definition) is 7. The molecule has 5 rings (SSSR count). The molecule has 0 radical (unpaired) electrons. The predicted octanol–water partition coefficient (Wildman–Crippen LogP) is 2.78. The summed E-state index contributed by atoms with van der Waals surface area (Å²) in [5, 5.41) is 1.78. The highest BCUT2D eigenvalue weighted by atomic mass is 32.2. The molecule has 38 heavy (non-hydrogen) atoms. The van der Waals surface area contributed by atoms with Gasteiger partial charge >= 0.3 is 0 Å². The molecule has 3 saturated heterocycles. The summed E-state index contributed by atoms with van der Waals surface area (Å²) in [6.07, 6.45) is 5.47. The number of carbonyl (C=O) groups excluding carboxylic acids is 2. The average molecular weight is 561 g/mol. The monoisotopic (exact) mass is 560 g/mol. The topological polar surface area (TPSA) is 99.3 Å². The molecule has 4 heterocycles. The summed E-state index contributed by atoms with van der Waals surface area (Å²) in [7, 11) is -2.31. The van der Waals surface area contributed by atoms with Gasteiger partial charge in [-0.15, -0.1) is 11.3 Å². The van der Waals surface area contributed by atoms with E-state index in [0.29, 0.717) is 25.1 Å². The highest BCUT2D eigenvalue weighted by Gasteiger charge is 2.36. The van der Waals surface area contributed by atoms with Crippen LogP contribution in [0.5, 0.6) is 5.75 Å². The van der Waals surface area contributed by atoms with Gasteiger partial charge < -0.3 is 19.4 Å².